The molecule has 0 bridgehead atoms. The number of primary sulfonamides is 1. The van der Waals surface area contributed by atoms with Crippen molar-refractivity contribution in [2.24, 2.45) is 5.14 Å². The Bertz CT molecular complexity index is 491. The lowest BCUT2D eigenvalue weighted by atomic mass is 10.3. The molecule has 7 heteroatoms. The molecule has 0 spiro atoms. The van der Waals surface area contributed by atoms with Crippen LogP contribution < -0.4 is 15.2 Å². The number of hydrogen-bond acceptors (Lipinski definition) is 4. The van der Waals surface area contributed by atoms with Gasteiger partial charge in [0, 0.05) is 6.54 Å². The molecule has 102 valence electrons. The summed E-state index contributed by atoms with van der Waals surface area (Å²) in [4.78, 5) is -0.267. The minimum atomic E-state index is -3.88. The van der Waals surface area contributed by atoms with Crippen LogP contribution in [0.15, 0.2) is 23.1 Å². The van der Waals surface area contributed by atoms with E-state index in [1.54, 1.807) is 0 Å². The number of rotatable bonds is 7. The van der Waals surface area contributed by atoms with Crippen molar-refractivity contribution in [3.05, 3.63) is 24.0 Å². The molecule has 0 aromatic heterocycles. The van der Waals surface area contributed by atoms with Crippen LogP contribution >= 0.6 is 0 Å². The average Bonchev–Trinajstić information content (AvgIpc) is 2.29. The minimum Gasteiger partial charge on any atom is -0.489 e. The molecule has 1 rings (SSSR count). The molecule has 18 heavy (non-hydrogen) atoms. The molecule has 0 fully saturated rings. The molecule has 1 aromatic carbocycles. The van der Waals surface area contributed by atoms with E-state index in [4.69, 9.17) is 9.88 Å². The van der Waals surface area contributed by atoms with Gasteiger partial charge in [-0.3, -0.25) is 0 Å². The molecule has 3 N–H and O–H groups in total. The average molecular weight is 276 g/mol. The van der Waals surface area contributed by atoms with Crippen molar-refractivity contribution < 1.29 is 17.5 Å². The molecule has 0 aliphatic rings. The van der Waals surface area contributed by atoms with E-state index in [0.29, 0.717) is 13.2 Å². The van der Waals surface area contributed by atoms with Crippen molar-refractivity contribution in [3.63, 3.8) is 0 Å². The fraction of sp³-hybridized carbons (Fsp3) is 0.455. The highest BCUT2D eigenvalue weighted by atomic mass is 32.2. The lowest BCUT2D eigenvalue weighted by Gasteiger charge is -2.08. The highest BCUT2D eigenvalue weighted by molar-refractivity contribution is 7.89. The van der Waals surface area contributed by atoms with E-state index in [1.165, 1.54) is 12.1 Å². The summed E-state index contributed by atoms with van der Waals surface area (Å²) >= 11 is 0. The fourth-order valence-electron chi connectivity index (χ4n) is 1.31. The number of nitrogens with one attached hydrogen (secondary N) is 1. The third-order valence-corrected chi connectivity index (χ3v) is 3.11. The van der Waals surface area contributed by atoms with E-state index in [2.05, 4.69) is 5.32 Å². The number of sulfonamides is 1. The van der Waals surface area contributed by atoms with Crippen molar-refractivity contribution in [2.45, 2.75) is 18.2 Å². The van der Waals surface area contributed by atoms with E-state index >= 15 is 0 Å². The summed E-state index contributed by atoms with van der Waals surface area (Å²) in [5.74, 6) is -0.724. The largest absolute Gasteiger partial charge is 0.489 e. The van der Waals surface area contributed by atoms with E-state index in [9.17, 15) is 12.8 Å². The third kappa shape index (κ3) is 4.59. The summed E-state index contributed by atoms with van der Waals surface area (Å²) in [6.45, 7) is 3.82. The van der Waals surface area contributed by atoms with Crippen LogP contribution in [-0.2, 0) is 10.0 Å². The Morgan fingerprint density at radius 3 is 2.67 bits per heavy atom. The van der Waals surface area contributed by atoms with E-state index in [1.807, 2.05) is 6.92 Å². The van der Waals surface area contributed by atoms with Crippen LogP contribution in [-0.4, -0.2) is 28.1 Å². The first kappa shape index (κ1) is 14.9. The number of benzene rings is 1. The lowest BCUT2D eigenvalue weighted by molar-refractivity contribution is 0.298. The molecule has 0 unspecified atom stereocenters. The smallest absolute Gasteiger partial charge is 0.238 e. The van der Waals surface area contributed by atoms with Gasteiger partial charge in [0.2, 0.25) is 10.0 Å². The van der Waals surface area contributed by atoms with E-state index in [-0.39, 0.29) is 10.6 Å². The van der Waals surface area contributed by atoms with Crippen molar-refractivity contribution in [3.8, 4) is 5.75 Å². The van der Waals surface area contributed by atoms with Gasteiger partial charge in [0.05, 0.1) is 4.90 Å². The van der Waals surface area contributed by atoms with Gasteiger partial charge in [-0.15, -0.1) is 0 Å². The zero-order valence-corrected chi connectivity index (χ0v) is 11.0. The van der Waals surface area contributed by atoms with Crippen LogP contribution in [0.25, 0.3) is 0 Å². The zero-order chi connectivity index (χ0) is 13.6. The molecule has 0 saturated heterocycles. The molecule has 0 atom stereocenters. The van der Waals surface area contributed by atoms with Crippen molar-refractivity contribution >= 4 is 10.0 Å². The zero-order valence-electron chi connectivity index (χ0n) is 10.1. The van der Waals surface area contributed by atoms with Gasteiger partial charge in [-0.1, -0.05) is 6.92 Å². The number of hydrogen-bond donors (Lipinski definition) is 2. The second kappa shape index (κ2) is 6.67. The molecule has 0 radical (unpaired) electrons. The molecule has 0 aliphatic heterocycles. The first-order valence-electron chi connectivity index (χ1n) is 5.61. The fourth-order valence-corrected chi connectivity index (χ4v) is 1.84. The van der Waals surface area contributed by atoms with Crippen LogP contribution in [0.2, 0.25) is 0 Å². The second-order valence-corrected chi connectivity index (χ2v) is 5.30. The van der Waals surface area contributed by atoms with Crippen molar-refractivity contribution in [1.29, 1.82) is 0 Å². The number of ether oxygens (including phenoxy) is 1. The summed E-state index contributed by atoms with van der Waals surface area (Å²) in [6.07, 6.45) is 1.01. The summed E-state index contributed by atoms with van der Waals surface area (Å²) in [5.41, 5.74) is 0. The molecule has 0 aliphatic carbocycles. The Morgan fingerprint density at radius 2 is 2.11 bits per heavy atom. The highest BCUT2D eigenvalue weighted by Crippen LogP contribution is 2.20. The van der Waals surface area contributed by atoms with Gasteiger partial charge in [0.15, 0.2) is 11.6 Å². The molecule has 0 saturated carbocycles. The maximum Gasteiger partial charge on any atom is 0.238 e. The molecule has 1 aromatic rings. The quantitative estimate of drug-likeness (QED) is 0.723. The standard InChI is InChI=1S/C11H17FN2O3S/c1-2-5-14-6-7-17-11-4-3-9(8-10(11)12)18(13,15)16/h3-4,8,14H,2,5-7H2,1H3,(H2,13,15,16). The Morgan fingerprint density at radius 1 is 1.39 bits per heavy atom. The molecule has 0 amide bonds. The molecule has 5 nitrogen and oxygen atoms in total. The Hall–Kier alpha value is -1.18. The van der Waals surface area contributed by atoms with Crippen LogP contribution in [0.1, 0.15) is 13.3 Å². The van der Waals surface area contributed by atoms with Gasteiger partial charge in [-0.05, 0) is 31.2 Å². The normalized spacial score (nSPS) is 11.5. The van der Waals surface area contributed by atoms with Gasteiger partial charge in [0.25, 0.3) is 0 Å². The van der Waals surface area contributed by atoms with Gasteiger partial charge >= 0.3 is 0 Å². The lowest BCUT2D eigenvalue weighted by Crippen LogP contribution is -2.21. The van der Waals surface area contributed by atoms with E-state index < -0.39 is 15.8 Å². The van der Waals surface area contributed by atoms with Crippen LogP contribution in [0.3, 0.4) is 0 Å². The maximum absolute atomic E-state index is 13.5. The van der Waals surface area contributed by atoms with E-state index in [0.717, 1.165) is 19.0 Å². The summed E-state index contributed by atoms with van der Waals surface area (Å²) in [6, 6.07) is 3.33. The molecular weight excluding hydrogens is 259 g/mol. The van der Waals surface area contributed by atoms with Crippen molar-refractivity contribution in [2.75, 3.05) is 19.7 Å². The summed E-state index contributed by atoms with van der Waals surface area (Å²) in [5, 5.41) is 7.98. The Labute approximate surface area is 106 Å². The Kier molecular flexibility index (Phi) is 5.52. The number of nitrogens with two attached hydrogens (primary N) is 1. The molecule has 0 heterocycles. The predicted molar refractivity (Wildman–Crippen MR) is 66.4 cm³/mol. The van der Waals surface area contributed by atoms with Crippen LogP contribution in [0, 0.1) is 5.82 Å². The first-order valence-corrected chi connectivity index (χ1v) is 7.15. The maximum atomic E-state index is 13.5. The van der Waals surface area contributed by atoms with Crippen LogP contribution in [0.4, 0.5) is 4.39 Å². The van der Waals surface area contributed by atoms with Gasteiger partial charge in [-0.2, -0.15) is 0 Å². The summed E-state index contributed by atoms with van der Waals surface area (Å²) in [7, 11) is -3.88. The van der Waals surface area contributed by atoms with Crippen LogP contribution in [0.5, 0.6) is 5.75 Å². The number of halogens is 1. The third-order valence-electron chi connectivity index (χ3n) is 2.20. The summed E-state index contributed by atoms with van der Waals surface area (Å²) < 4.78 is 40.6. The highest BCUT2D eigenvalue weighted by Gasteiger charge is 2.12. The second-order valence-electron chi connectivity index (χ2n) is 3.74. The predicted octanol–water partition coefficient (Wildman–Crippen LogP) is 0.852. The first-order chi connectivity index (χ1) is 8.45. The molecular formula is C11H17FN2O3S. The SMILES string of the molecule is CCCNCCOc1ccc(S(N)(=O)=O)cc1F. The monoisotopic (exact) mass is 276 g/mol. The Balaban J connectivity index is 2.58. The minimum absolute atomic E-state index is 0.0145. The van der Waals surface area contributed by atoms with Crippen molar-refractivity contribution in [1.82, 2.24) is 5.32 Å². The van der Waals surface area contributed by atoms with Gasteiger partial charge in [-0.25, -0.2) is 17.9 Å². The van der Waals surface area contributed by atoms with Gasteiger partial charge in [0.1, 0.15) is 6.61 Å². The topological polar surface area (TPSA) is 81.4 Å². The van der Waals surface area contributed by atoms with Gasteiger partial charge < -0.3 is 10.1 Å².